The molecule has 2 aromatic rings. The molecule has 6 nitrogen and oxygen atoms in total. The van der Waals surface area contributed by atoms with Gasteiger partial charge in [0.1, 0.15) is 11.5 Å². The van der Waals surface area contributed by atoms with Crippen LogP contribution in [-0.2, 0) is 4.79 Å². The van der Waals surface area contributed by atoms with Crippen LogP contribution in [0.25, 0.3) is 0 Å². The Morgan fingerprint density at radius 1 is 0.969 bits per heavy atom. The Balaban J connectivity index is 0.000000360. The van der Waals surface area contributed by atoms with E-state index >= 15 is 0 Å². The van der Waals surface area contributed by atoms with Crippen LogP contribution in [0.2, 0.25) is 0 Å². The van der Waals surface area contributed by atoms with E-state index in [4.69, 9.17) is 14.6 Å². The number of amides is 1. The zero-order valence-electron chi connectivity index (χ0n) is 17.6. The molecule has 0 saturated carbocycles. The van der Waals surface area contributed by atoms with Crippen molar-refractivity contribution in [2.45, 2.75) is 31.0 Å². The molecule has 2 aliphatic heterocycles. The first-order valence-corrected chi connectivity index (χ1v) is 10.2. The van der Waals surface area contributed by atoms with Crippen LogP contribution in [0, 0.1) is 0 Å². The van der Waals surface area contributed by atoms with E-state index in [0.29, 0.717) is 0 Å². The number of nitrogens with zero attached hydrogens (tertiary/aromatic N) is 2. The van der Waals surface area contributed by atoms with Crippen LogP contribution >= 0.6 is 0 Å². The predicted octanol–water partition coefficient (Wildman–Crippen LogP) is 4.42. The van der Waals surface area contributed by atoms with Gasteiger partial charge in [0.2, 0.25) is 0 Å². The van der Waals surface area contributed by atoms with E-state index in [2.05, 4.69) is 11.9 Å². The fraction of sp³-hybridized carbons (Fsp3) is 0.391. The molecule has 2 fully saturated rings. The highest BCUT2D eigenvalue weighted by Crippen LogP contribution is 2.37. The number of carboxylic acid groups (broad SMARTS) is 1. The molecule has 1 atom stereocenters. The van der Waals surface area contributed by atoms with Gasteiger partial charge >= 0.3 is 12.1 Å². The van der Waals surface area contributed by atoms with E-state index in [9.17, 15) is 18.0 Å². The van der Waals surface area contributed by atoms with Crippen LogP contribution in [0.4, 0.5) is 13.2 Å². The molecule has 1 unspecified atom stereocenters. The highest BCUT2D eigenvalue weighted by molar-refractivity contribution is 5.94. The van der Waals surface area contributed by atoms with Crippen molar-refractivity contribution in [3.05, 3.63) is 60.2 Å². The number of benzene rings is 2. The summed E-state index contributed by atoms with van der Waals surface area (Å²) in [4.78, 5) is 26.2. The zero-order chi connectivity index (χ0) is 23.4. The van der Waals surface area contributed by atoms with Crippen LogP contribution in [0.1, 0.15) is 29.6 Å². The minimum absolute atomic E-state index is 0.130. The minimum atomic E-state index is -5.08. The normalized spacial score (nSPS) is 20.7. The topological polar surface area (TPSA) is 70.1 Å². The fourth-order valence-corrected chi connectivity index (χ4v) is 3.93. The van der Waals surface area contributed by atoms with Crippen molar-refractivity contribution in [2.24, 2.45) is 0 Å². The van der Waals surface area contributed by atoms with Gasteiger partial charge in [0.15, 0.2) is 0 Å². The Kier molecular flexibility index (Phi) is 7.08. The van der Waals surface area contributed by atoms with E-state index in [1.165, 1.54) is 12.8 Å². The molecule has 2 aliphatic rings. The standard InChI is InChI=1S/C21H24N2O2.C2HF3O2/c1-22-15-13-21(22)12-5-14-23(16-21)20(24)17-8-10-19(11-9-17)25-18-6-3-2-4-7-18;3-2(4,5)1(6)7/h2-4,6-11H,5,12-16H2,1H3;(H,6,7). The number of carboxylic acids is 1. The number of rotatable bonds is 3. The molecule has 1 spiro atoms. The van der Waals surface area contributed by atoms with Gasteiger partial charge in [-0.1, -0.05) is 18.2 Å². The first kappa shape index (κ1) is 23.6. The second-order valence-electron chi connectivity index (χ2n) is 7.97. The third-order valence-corrected chi connectivity index (χ3v) is 5.89. The second-order valence-corrected chi connectivity index (χ2v) is 7.97. The number of alkyl halides is 3. The maximum Gasteiger partial charge on any atom is 0.490 e. The van der Waals surface area contributed by atoms with Crippen LogP contribution < -0.4 is 4.74 Å². The minimum Gasteiger partial charge on any atom is -0.475 e. The summed E-state index contributed by atoms with van der Waals surface area (Å²) in [7, 11) is 2.17. The molecule has 32 heavy (non-hydrogen) atoms. The first-order valence-electron chi connectivity index (χ1n) is 10.2. The molecular weight excluding hydrogens is 425 g/mol. The predicted molar refractivity (Wildman–Crippen MR) is 112 cm³/mol. The van der Waals surface area contributed by atoms with Crippen molar-refractivity contribution >= 4 is 11.9 Å². The van der Waals surface area contributed by atoms with Crippen LogP contribution in [0.5, 0.6) is 11.5 Å². The van der Waals surface area contributed by atoms with E-state index in [0.717, 1.165) is 43.1 Å². The largest absolute Gasteiger partial charge is 0.490 e. The number of likely N-dealkylation sites (tertiary alicyclic amines) is 2. The number of ether oxygens (including phenoxy) is 1. The number of para-hydroxylation sites is 1. The molecule has 0 bridgehead atoms. The number of carbonyl (C=O) groups is 2. The monoisotopic (exact) mass is 450 g/mol. The number of carbonyl (C=O) groups excluding carboxylic acids is 1. The van der Waals surface area contributed by atoms with Gasteiger partial charge < -0.3 is 14.7 Å². The lowest BCUT2D eigenvalue weighted by molar-refractivity contribution is -0.192. The summed E-state index contributed by atoms with van der Waals surface area (Å²) >= 11 is 0. The number of likely N-dealkylation sites (N-methyl/N-ethyl adjacent to an activating group) is 1. The van der Waals surface area contributed by atoms with E-state index in [1.807, 2.05) is 59.5 Å². The third kappa shape index (κ3) is 5.59. The number of halogens is 3. The van der Waals surface area contributed by atoms with Crippen molar-refractivity contribution in [2.75, 3.05) is 26.7 Å². The quantitative estimate of drug-likeness (QED) is 0.750. The molecule has 9 heteroatoms. The molecule has 2 heterocycles. The van der Waals surface area contributed by atoms with Crippen molar-refractivity contribution in [3.63, 3.8) is 0 Å². The molecule has 0 aromatic heterocycles. The number of piperidine rings is 1. The summed E-state index contributed by atoms with van der Waals surface area (Å²) in [6, 6.07) is 17.2. The van der Waals surface area contributed by atoms with Crippen molar-refractivity contribution in [1.29, 1.82) is 0 Å². The second kappa shape index (κ2) is 9.60. The fourth-order valence-electron chi connectivity index (χ4n) is 3.93. The van der Waals surface area contributed by atoms with E-state index < -0.39 is 12.1 Å². The molecule has 0 aliphatic carbocycles. The van der Waals surface area contributed by atoms with Gasteiger partial charge in [-0.2, -0.15) is 13.2 Å². The Labute approximate surface area is 184 Å². The lowest BCUT2D eigenvalue weighted by Gasteiger charge is -2.55. The molecule has 1 N–H and O–H groups in total. The number of aliphatic carboxylic acids is 1. The van der Waals surface area contributed by atoms with Crippen LogP contribution in [0.3, 0.4) is 0 Å². The smallest absolute Gasteiger partial charge is 0.475 e. The highest BCUT2D eigenvalue weighted by atomic mass is 19.4. The Morgan fingerprint density at radius 2 is 1.56 bits per heavy atom. The Bertz CT molecular complexity index is 935. The molecule has 0 radical (unpaired) electrons. The average Bonchev–Trinajstić information content (AvgIpc) is 2.78. The lowest BCUT2D eigenvalue weighted by atomic mass is 9.78. The van der Waals surface area contributed by atoms with Crippen LogP contribution in [-0.4, -0.2) is 65.2 Å². The van der Waals surface area contributed by atoms with Gasteiger partial charge in [0, 0.05) is 30.7 Å². The summed E-state index contributed by atoms with van der Waals surface area (Å²) in [5.41, 5.74) is 0.962. The first-order chi connectivity index (χ1) is 15.1. The SMILES string of the molecule is CN1CCC12CCCN(C(=O)c1ccc(Oc3ccccc3)cc1)C2.O=C(O)C(F)(F)F. The molecule has 2 aromatic carbocycles. The van der Waals surface area contributed by atoms with Gasteiger partial charge in [0.05, 0.1) is 0 Å². The van der Waals surface area contributed by atoms with Crippen LogP contribution in [0.15, 0.2) is 54.6 Å². The van der Waals surface area contributed by atoms with Gasteiger partial charge in [-0.05, 0) is 62.7 Å². The summed E-state index contributed by atoms with van der Waals surface area (Å²) in [6.45, 7) is 2.86. The maximum absolute atomic E-state index is 12.9. The molecule has 2 saturated heterocycles. The van der Waals surface area contributed by atoms with Gasteiger partial charge in [-0.25, -0.2) is 4.79 Å². The molecular formula is C23H25F3N2O4. The molecule has 172 valence electrons. The summed E-state index contributed by atoms with van der Waals surface area (Å²) < 4.78 is 37.5. The van der Waals surface area contributed by atoms with E-state index in [-0.39, 0.29) is 11.4 Å². The van der Waals surface area contributed by atoms with E-state index in [1.54, 1.807) is 0 Å². The Hall–Kier alpha value is -3.07. The van der Waals surface area contributed by atoms with Crippen molar-refractivity contribution in [3.8, 4) is 11.5 Å². The Morgan fingerprint density at radius 3 is 2.06 bits per heavy atom. The average molecular weight is 450 g/mol. The third-order valence-electron chi connectivity index (χ3n) is 5.89. The highest BCUT2D eigenvalue weighted by Gasteiger charge is 2.46. The molecule has 1 amide bonds. The molecule has 4 rings (SSSR count). The zero-order valence-corrected chi connectivity index (χ0v) is 17.6. The number of hydrogen-bond acceptors (Lipinski definition) is 4. The van der Waals surface area contributed by atoms with Crippen molar-refractivity contribution < 1.29 is 32.6 Å². The summed E-state index contributed by atoms with van der Waals surface area (Å²) in [6.07, 6.45) is -1.58. The maximum atomic E-state index is 12.9. The summed E-state index contributed by atoms with van der Waals surface area (Å²) in [5.74, 6) is -1.08. The lowest BCUT2D eigenvalue weighted by Crippen LogP contribution is -2.66. The van der Waals surface area contributed by atoms with Crippen molar-refractivity contribution in [1.82, 2.24) is 9.80 Å². The summed E-state index contributed by atoms with van der Waals surface area (Å²) in [5, 5.41) is 7.12. The number of hydrogen-bond donors (Lipinski definition) is 1. The van der Waals surface area contributed by atoms with Gasteiger partial charge in [0.25, 0.3) is 5.91 Å². The van der Waals surface area contributed by atoms with Gasteiger partial charge in [-0.15, -0.1) is 0 Å². The van der Waals surface area contributed by atoms with Gasteiger partial charge in [-0.3, -0.25) is 9.69 Å².